The van der Waals surface area contributed by atoms with Crippen LogP contribution in [0.5, 0.6) is 0 Å². The molecule has 1 atom stereocenters. The number of anilines is 1. The molecule has 0 unspecified atom stereocenters. The number of rotatable bonds is 6. The van der Waals surface area contributed by atoms with Crippen LogP contribution in [0.25, 0.3) is 0 Å². The van der Waals surface area contributed by atoms with Gasteiger partial charge >= 0.3 is 12.0 Å². The zero-order chi connectivity index (χ0) is 14.3. The molecule has 104 valence electrons. The summed E-state index contributed by atoms with van der Waals surface area (Å²) in [5.41, 5.74) is 0.753. The summed E-state index contributed by atoms with van der Waals surface area (Å²) >= 11 is 0. The van der Waals surface area contributed by atoms with Crippen LogP contribution >= 0.6 is 0 Å². The first-order valence-corrected chi connectivity index (χ1v) is 6.46. The predicted octanol–water partition coefficient (Wildman–Crippen LogP) is 2.48. The van der Waals surface area contributed by atoms with Gasteiger partial charge in [0.25, 0.3) is 0 Å². The van der Waals surface area contributed by atoms with Crippen molar-refractivity contribution in [1.29, 1.82) is 0 Å². The number of nitrogens with zero attached hydrogens (tertiary/aromatic N) is 1. The van der Waals surface area contributed by atoms with Gasteiger partial charge in [-0.1, -0.05) is 31.5 Å². The van der Waals surface area contributed by atoms with E-state index in [2.05, 4.69) is 5.32 Å². The van der Waals surface area contributed by atoms with E-state index in [0.29, 0.717) is 19.4 Å². The first-order chi connectivity index (χ1) is 9.10. The molecule has 0 fully saturated rings. The van der Waals surface area contributed by atoms with Gasteiger partial charge in [0.05, 0.1) is 0 Å². The van der Waals surface area contributed by atoms with Gasteiger partial charge in [0, 0.05) is 12.2 Å². The molecule has 1 rings (SSSR count). The average Bonchev–Trinajstić information content (AvgIpc) is 2.40. The lowest BCUT2D eigenvalue weighted by Gasteiger charge is -2.23. The molecule has 0 aliphatic carbocycles. The molecule has 0 aliphatic heterocycles. The van der Waals surface area contributed by atoms with E-state index in [1.807, 2.05) is 44.2 Å². The van der Waals surface area contributed by atoms with Crippen molar-refractivity contribution in [3.05, 3.63) is 30.3 Å². The van der Waals surface area contributed by atoms with E-state index in [9.17, 15) is 9.59 Å². The van der Waals surface area contributed by atoms with Crippen molar-refractivity contribution in [2.24, 2.45) is 0 Å². The number of benzene rings is 1. The standard InChI is InChI=1S/C14H20N2O3/c1-3-8-12(13(17)18)15-14(19)16(4-2)11-9-6-5-7-10-11/h5-7,9-10,12H,3-4,8H2,1-2H3,(H,15,19)(H,17,18)/t12-/m0/s1. The van der Waals surface area contributed by atoms with E-state index in [1.165, 1.54) is 4.90 Å². The highest BCUT2D eigenvalue weighted by Crippen LogP contribution is 2.13. The number of hydrogen-bond donors (Lipinski definition) is 2. The van der Waals surface area contributed by atoms with Crippen LogP contribution < -0.4 is 10.2 Å². The highest BCUT2D eigenvalue weighted by molar-refractivity contribution is 5.94. The molecule has 2 N–H and O–H groups in total. The Morgan fingerprint density at radius 2 is 1.89 bits per heavy atom. The van der Waals surface area contributed by atoms with Crippen molar-refractivity contribution in [2.45, 2.75) is 32.7 Å². The Bertz CT molecular complexity index is 420. The van der Waals surface area contributed by atoms with Gasteiger partial charge in [-0.3, -0.25) is 4.90 Å². The summed E-state index contributed by atoms with van der Waals surface area (Å²) in [6.45, 7) is 4.22. The van der Waals surface area contributed by atoms with E-state index in [1.54, 1.807) is 0 Å². The van der Waals surface area contributed by atoms with Gasteiger partial charge < -0.3 is 10.4 Å². The summed E-state index contributed by atoms with van der Waals surface area (Å²) in [4.78, 5) is 24.7. The van der Waals surface area contributed by atoms with Crippen LogP contribution in [0.4, 0.5) is 10.5 Å². The summed E-state index contributed by atoms with van der Waals surface area (Å²) in [6, 6.07) is 7.96. The lowest BCUT2D eigenvalue weighted by atomic mass is 10.2. The molecule has 19 heavy (non-hydrogen) atoms. The van der Waals surface area contributed by atoms with E-state index >= 15 is 0 Å². The zero-order valence-electron chi connectivity index (χ0n) is 11.3. The number of nitrogens with one attached hydrogen (secondary N) is 1. The van der Waals surface area contributed by atoms with Crippen LogP contribution in [0.1, 0.15) is 26.7 Å². The second-order valence-corrected chi connectivity index (χ2v) is 4.21. The molecule has 5 heteroatoms. The van der Waals surface area contributed by atoms with Crippen LogP contribution in [0.15, 0.2) is 30.3 Å². The van der Waals surface area contributed by atoms with Gasteiger partial charge in [-0.05, 0) is 25.5 Å². The third kappa shape index (κ3) is 4.28. The van der Waals surface area contributed by atoms with Crippen molar-refractivity contribution in [1.82, 2.24) is 5.32 Å². The molecule has 0 saturated heterocycles. The molecule has 0 aliphatic rings. The van der Waals surface area contributed by atoms with Crippen molar-refractivity contribution < 1.29 is 14.7 Å². The molecule has 0 spiro atoms. The second kappa shape index (κ2) is 7.41. The van der Waals surface area contributed by atoms with Crippen molar-refractivity contribution in [2.75, 3.05) is 11.4 Å². The Labute approximate surface area is 113 Å². The SMILES string of the molecule is CCC[C@H](NC(=O)N(CC)c1ccccc1)C(=O)O. The molecule has 0 saturated carbocycles. The molecule has 0 heterocycles. The van der Waals surface area contributed by atoms with Crippen molar-refractivity contribution >= 4 is 17.7 Å². The highest BCUT2D eigenvalue weighted by Gasteiger charge is 2.22. The number of urea groups is 1. The van der Waals surface area contributed by atoms with Crippen LogP contribution in [0.3, 0.4) is 0 Å². The molecule has 1 aromatic rings. The monoisotopic (exact) mass is 264 g/mol. The maximum atomic E-state index is 12.1. The maximum Gasteiger partial charge on any atom is 0.326 e. The fraction of sp³-hybridized carbons (Fsp3) is 0.429. The Kier molecular flexibility index (Phi) is 5.85. The summed E-state index contributed by atoms with van der Waals surface area (Å²) < 4.78 is 0. The van der Waals surface area contributed by atoms with Crippen LogP contribution in [-0.2, 0) is 4.79 Å². The van der Waals surface area contributed by atoms with E-state index in [0.717, 1.165) is 5.69 Å². The fourth-order valence-electron chi connectivity index (χ4n) is 1.82. The Morgan fingerprint density at radius 3 is 2.37 bits per heavy atom. The number of carboxylic acids is 1. The number of carbonyl (C=O) groups is 2. The van der Waals surface area contributed by atoms with E-state index in [-0.39, 0.29) is 6.03 Å². The van der Waals surface area contributed by atoms with Gasteiger partial charge in [-0.2, -0.15) is 0 Å². The first kappa shape index (κ1) is 15.0. The van der Waals surface area contributed by atoms with Gasteiger partial charge in [0.15, 0.2) is 0 Å². The van der Waals surface area contributed by atoms with Gasteiger partial charge in [0.2, 0.25) is 0 Å². The molecule has 2 amide bonds. The largest absolute Gasteiger partial charge is 0.480 e. The number of para-hydroxylation sites is 1. The number of aliphatic carboxylic acids is 1. The van der Waals surface area contributed by atoms with E-state index in [4.69, 9.17) is 5.11 Å². The Hall–Kier alpha value is -2.04. The van der Waals surface area contributed by atoms with Crippen LogP contribution in [0.2, 0.25) is 0 Å². The van der Waals surface area contributed by atoms with Crippen molar-refractivity contribution in [3.63, 3.8) is 0 Å². The number of carboxylic acid groups (broad SMARTS) is 1. The number of hydrogen-bond acceptors (Lipinski definition) is 2. The topological polar surface area (TPSA) is 69.6 Å². The van der Waals surface area contributed by atoms with Crippen LogP contribution in [-0.4, -0.2) is 29.7 Å². The third-order valence-electron chi connectivity index (χ3n) is 2.80. The zero-order valence-corrected chi connectivity index (χ0v) is 11.3. The predicted molar refractivity (Wildman–Crippen MR) is 74.3 cm³/mol. The fourth-order valence-corrected chi connectivity index (χ4v) is 1.82. The molecule has 0 radical (unpaired) electrons. The van der Waals surface area contributed by atoms with Crippen LogP contribution in [0, 0.1) is 0 Å². The summed E-state index contributed by atoms with van der Waals surface area (Å²) in [5, 5.41) is 11.6. The number of amides is 2. The normalized spacial score (nSPS) is 11.7. The molecule has 0 bridgehead atoms. The molecule has 0 aromatic heterocycles. The molecule has 1 aromatic carbocycles. The van der Waals surface area contributed by atoms with Gasteiger partial charge in [-0.15, -0.1) is 0 Å². The third-order valence-corrected chi connectivity index (χ3v) is 2.80. The maximum absolute atomic E-state index is 12.1. The van der Waals surface area contributed by atoms with E-state index < -0.39 is 12.0 Å². The Morgan fingerprint density at radius 1 is 1.26 bits per heavy atom. The van der Waals surface area contributed by atoms with Gasteiger partial charge in [0.1, 0.15) is 6.04 Å². The summed E-state index contributed by atoms with van der Waals surface area (Å²) in [5.74, 6) is -1.00. The molecular formula is C14H20N2O3. The molecule has 5 nitrogen and oxygen atoms in total. The van der Waals surface area contributed by atoms with Crippen molar-refractivity contribution in [3.8, 4) is 0 Å². The minimum absolute atomic E-state index is 0.380. The average molecular weight is 264 g/mol. The smallest absolute Gasteiger partial charge is 0.326 e. The summed E-state index contributed by atoms with van der Waals surface area (Å²) in [6.07, 6.45) is 1.13. The minimum Gasteiger partial charge on any atom is -0.480 e. The molecular weight excluding hydrogens is 244 g/mol. The summed E-state index contributed by atoms with van der Waals surface area (Å²) in [7, 11) is 0. The minimum atomic E-state index is -1.00. The quantitative estimate of drug-likeness (QED) is 0.829. The van der Waals surface area contributed by atoms with Gasteiger partial charge in [-0.25, -0.2) is 9.59 Å². The number of carbonyl (C=O) groups excluding carboxylic acids is 1. The second-order valence-electron chi connectivity index (χ2n) is 4.21. The Balaban J connectivity index is 2.76. The lowest BCUT2D eigenvalue weighted by molar-refractivity contribution is -0.139. The lowest BCUT2D eigenvalue weighted by Crippen LogP contribution is -2.48. The first-order valence-electron chi connectivity index (χ1n) is 6.46. The highest BCUT2D eigenvalue weighted by atomic mass is 16.4.